The highest BCUT2D eigenvalue weighted by atomic mass is 35.5. The lowest BCUT2D eigenvalue weighted by Crippen LogP contribution is -2.36. The Bertz CT molecular complexity index is 1300. The number of halogens is 2. The van der Waals surface area contributed by atoms with E-state index in [-0.39, 0.29) is 24.5 Å². The van der Waals surface area contributed by atoms with Crippen molar-refractivity contribution < 1.29 is 19.4 Å². The number of rotatable bonds is 7. The van der Waals surface area contributed by atoms with E-state index in [1.54, 1.807) is 50.2 Å². The maximum atomic E-state index is 12.8. The summed E-state index contributed by atoms with van der Waals surface area (Å²) in [4.78, 5) is 37.5. The van der Waals surface area contributed by atoms with Gasteiger partial charge in [0.05, 0.1) is 19.1 Å². The number of ether oxygens (including phenoxy) is 1. The van der Waals surface area contributed by atoms with Gasteiger partial charge < -0.3 is 25.0 Å². The molecule has 0 aliphatic heterocycles. The number of hydrogen-bond donors (Lipinski definition) is 3. The molecule has 10 heteroatoms. The summed E-state index contributed by atoms with van der Waals surface area (Å²) >= 11 is 12.3. The SMILES string of the molecule is CCOC(=O)CC(NC(=O)Nc1c(O)c(C)cn(C)c1=O)c1cccc(-c2cc(Cl)cc(Cl)c2)c1. The fourth-order valence-corrected chi connectivity index (χ4v) is 4.13. The third-order valence-corrected chi connectivity index (χ3v) is 5.67. The van der Waals surface area contributed by atoms with Crippen molar-refractivity contribution in [3.8, 4) is 16.9 Å². The molecule has 1 atom stereocenters. The normalized spacial score (nSPS) is 11.6. The third-order valence-electron chi connectivity index (χ3n) is 5.24. The van der Waals surface area contributed by atoms with E-state index in [2.05, 4.69) is 10.6 Å². The van der Waals surface area contributed by atoms with Crippen molar-refractivity contribution in [2.75, 3.05) is 11.9 Å². The first-order valence-electron chi connectivity index (χ1n) is 10.8. The second kappa shape index (κ2) is 11.3. The number of anilines is 1. The molecule has 8 nitrogen and oxygen atoms in total. The number of benzene rings is 2. The highest BCUT2D eigenvalue weighted by Gasteiger charge is 2.22. The number of aromatic hydroxyl groups is 1. The van der Waals surface area contributed by atoms with E-state index in [1.807, 2.05) is 6.07 Å². The number of nitrogens with zero attached hydrogens (tertiary/aromatic N) is 1. The standard InChI is InChI=1S/C25H25Cl2N3O5/c1-4-35-21(31)12-20(28-25(34)29-22-23(32)14(2)13-30(3)24(22)33)16-7-5-6-15(8-16)17-9-18(26)11-19(27)10-17/h5-11,13,20,32H,4,12H2,1-3H3,(H2,28,29,34). The quantitative estimate of drug-likeness (QED) is 0.373. The fourth-order valence-electron chi connectivity index (χ4n) is 3.60. The van der Waals surface area contributed by atoms with Gasteiger partial charge >= 0.3 is 12.0 Å². The largest absolute Gasteiger partial charge is 0.505 e. The molecule has 1 unspecified atom stereocenters. The summed E-state index contributed by atoms with van der Waals surface area (Å²) in [5.41, 5.74) is 1.72. The van der Waals surface area contributed by atoms with E-state index in [0.29, 0.717) is 21.2 Å². The Morgan fingerprint density at radius 1 is 1.11 bits per heavy atom. The summed E-state index contributed by atoms with van der Waals surface area (Å²) in [6, 6.07) is 10.7. The molecule has 2 amide bonds. The average molecular weight is 518 g/mol. The zero-order valence-corrected chi connectivity index (χ0v) is 20.9. The molecule has 2 aromatic carbocycles. The first kappa shape index (κ1) is 26.1. The van der Waals surface area contributed by atoms with E-state index in [1.165, 1.54) is 17.8 Å². The van der Waals surface area contributed by atoms with Crippen LogP contribution in [0.3, 0.4) is 0 Å². The minimum Gasteiger partial charge on any atom is -0.505 e. The molecule has 0 bridgehead atoms. The minimum atomic E-state index is -0.792. The second-order valence-electron chi connectivity index (χ2n) is 7.90. The molecule has 1 heterocycles. The van der Waals surface area contributed by atoms with Crippen LogP contribution < -0.4 is 16.2 Å². The van der Waals surface area contributed by atoms with Gasteiger partial charge in [0.2, 0.25) is 0 Å². The van der Waals surface area contributed by atoms with Gasteiger partial charge in [-0.1, -0.05) is 41.4 Å². The number of carbonyl (C=O) groups is 2. The van der Waals surface area contributed by atoms with Crippen molar-refractivity contribution in [2.24, 2.45) is 7.05 Å². The van der Waals surface area contributed by atoms with E-state index >= 15 is 0 Å². The Morgan fingerprint density at radius 3 is 2.46 bits per heavy atom. The van der Waals surface area contributed by atoms with Crippen LogP contribution in [0.2, 0.25) is 10.0 Å². The number of hydrogen-bond acceptors (Lipinski definition) is 5. The lowest BCUT2D eigenvalue weighted by atomic mass is 9.98. The first-order valence-corrected chi connectivity index (χ1v) is 11.5. The minimum absolute atomic E-state index is 0.154. The molecule has 0 aliphatic rings. The molecule has 184 valence electrons. The summed E-state index contributed by atoms with van der Waals surface area (Å²) in [5, 5.41) is 16.3. The van der Waals surface area contributed by atoms with Crippen molar-refractivity contribution in [2.45, 2.75) is 26.3 Å². The Morgan fingerprint density at radius 2 is 1.80 bits per heavy atom. The number of pyridine rings is 1. The topological polar surface area (TPSA) is 110 Å². The highest BCUT2D eigenvalue weighted by molar-refractivity contribution is 6.35. The number of esters is 1. The van der Waals surface area contributed by atoms with Gasteiger partial charge in [-0.25, -0.2) is 4.79 Å². The lowest BCUT2D eigenvalue weighted by Gasteiger charge is -2.20. The van der Waals surface area contributed by atoms with Crippen LogP contribution in [0.15, 0.2) is 53.5 Å². The molecule has 35 heavy (non-hydrogen) atoms. The fraction of sp³-hybridized carbons (Fsp3) is 0.240. The van der Waals surface area contributed by atoms with E-state index in [4.69, 9.17) is 27.9 Å². The molecule has 3 rings (SSSR count). The van der Waals surface area contributed by atoms with Gasteiger partial charge in [-0.3, -0.25) is 9.59 Å². The lowest BCUT2D eigenvalue weighted by molar-refractivity contribution is -0.143. The summed E-state index contributed by atoms with van der Waals surface area (Å²) in [6.07, 6.45) is 1.30. The summed E-state index contributed by atoms with van der Waals surface area (Å²) in [5.74, 6) is -0.839. The molecular formula is C25H25Cl2N3O5. The average Bonchev–Trinajstić information content (AvgIpc) is 2.80. The predicted octanol–water partition coefficient (Wildman–Crippen LogP) is 5.19. The van der Waals surface area contributed by atoms with Crippen LogP contribution in [-0.2, 0) is 16.6 Å². The zero-order chi connectivity index (χ0) is 25.7. The Hall–Kier alpha value is -3.49. The van der Waals surface area contributed by atoms with Gasteiger partial charge in [-0.05, 0) is 54.8 Å². The molecule has 0 aliphatic carbocycles. The summed E-state index contributed by atoms with van der Waals surface area (Å²) in [7, 11) is 1.51. The van der Waals surface area contributed by atoms with Gasteiger partial charge in [0, 0.05) is 28.9 Å². The molecule has 3 N–H and O–H groups in total. The Kier molecular flexibility index (Phi) is 8.43. The first-order chi connectivity index (χ1) is 16.6. The number of nitrogens with one attached hydrogen (secondary N) is 2. The van der Waals surface area contributed by atoms with Crippen molar-refractivity contribution >= 4 is 40.9 Å². The van der Waals surface area contributed by atoms with Crippen molar-refractivity contribution in [3.63, 3.8) is 0 Å². The van der Waals surface area contributed by atoms with Gasteiger partial charge in [0.15, 0.2) is 5.69 Å². The Labute approximate surface area is 212 Å². The molecule has 0 saturated carbocycles. The smallest absolute Gasteiger partial charge is 0.319 e. The number of amides is 2. The van der Waals surface area contributed by atoms with Crippen LogP contribution in [-0.4, -0.2) is 28.3 Å². The molecule has 0 saturated heterocycles. The summed E-state index contributed by atoms with van der Waals surface area (Å²) < 4.78 is 6.32. The van der Waals surface area contributed by atoms with E-state index in [9.17, 15) is 19.5 Å². The van der Waals surface area contributed by atoms with Crippen molar-refractivity contribution in [1.82, 2.24) is 9.88 Å². The van der Waals surface area contributed by atoms with E-state index < -0.39 is 23.6 Å². The molecular weight excluding hydrogens is 493 g/mol. The van der Waals surface area contributed by atoms with E-state index in [0.717, 1.165) is 11.1 Å². The highest BCUT2D eigenvalue weighted by Crippen LogP contribution is 2.30. The zero-order valence-electron chi connectivity index (χ0n) is 19.4. The van der Waals surface area contributed by atoms with Gasteiger partial charge in [0.1, 0.15) is 5.75 Å². The Balaban J connectivity index is 1.92. The molecule has 0 fully saturated rings. The van der Waals surface area contributed by atoms with Crippen LogP contribution in [0.4, 0.5) is 10.5 Å². The van der Waals surface area contributed by atoms with Crippen LogP contribution in [0, 0.1) is 6.92 Å². The number of aromatic nitrogens is 1. The van der Waals surface area contributed by atoms with Crippen LogP contribution >= 0.6 is 23.2 Å². The van der Waals surface area contributed by atoms with Gasteiger partial charge in [-0.15, -0.1) is 0 Å². The van der Waals surface area contributed by atoms with Gasteiger partial charge in [-0.2, -0.15) is 0 Å². The van der Waals surface area contributed by atoms with Crippen LogP contribution in [0.1, 0.15) is 30.5 Å². The van der Waals surface area contributed by atoms with Crippen molar-refractivity contribution in [1.29, 1.82) is 0 Å². The molecule has 1 aromatic heterocycles. The van der Waals surface area contributed by atoms with Crippen molar-refractivity contribution in [3.05, 3.63) is 80.2 Å². The third kappa shape index (κ3) is 6.55. The predicted molar refractivity (Wildman–Crippen MR) is 136 cm³/mol. The number of carbonyl (C=O) groups excluding carboxylic acids is 2. The molecule has 0 spiro atoms. The molecule has 0 radical (unpaired) electrons. The monoisotopic (exact) mass is 517 g/mol. The number of aryl methyl sites for hydroxylation is 2. The maximum absolute atomic E-state index is 12.8. The van der Waals surface area contributed by atoms with Crippen LogP contribution in [0.5, 0.6) is 5.75 Å². The summed E-state index contributed by atoms with van der Waals surface area (Å²) in [6.45, 7) is 3.48. The maximum Gasteiger partial charge on any atom is 0.319 e. The second-order valence-corrected chi connectivity index (χ2v) is 8.77. The van der Waals surface area contributed by atoms with Gasteiger partial charge in [0.25, 0.3) is 5.56 Å². The van der Waals surface area contributed by atoms with Crippen LogP contribution in [0.25, 0.3) is 11.1 Å². The molecule has 3 aromatic rings. The number of urea groups is 1.